The maximum absolute atomic E-state index is 10.1. The lowest BCUT2D eigenvalue weighted by Gasteiger charge is -2.14. The Morgan fingerprint density at radius 2 is 2.07 bits per heavy atom. The van der Waals surface area contributed by atoms with Gasteiger partial charge in [-0.25, -0.2) is 9.97 Å². The molecule has 0 aliphatic carbocycles. The van der Waals surface area contributed by atoms with Gasteiger partial charge in [-0.3, -0.25) is 4.98 Å². The number of aliphatic hydroxyl groups is 2. The molecule has 4 N–H and O–H groups in total. The van der Waals surface area contributed by atoms with E-state index in [-0.39, 0.29) is 19.8 Å². The molecule has 0 aliphatic heterocycles. The first-order valence-electron chi connectivity index (χ1n) is 9.47. The van der Waals surface area contributed by atoms with Crippen LogP contribution in [-0.2, 0) is 17.9 Å². The third kappa shape index (κ3) is 3.65. The van der Waals surface area contributed by atoms with Crippen molar-refractivity contribution < 1.29 is 14.9 Å². The van der Waals surface area contributed by atoms with E-state index in [9.17, 15) is 10.2 Å². The van der Waals surface area contributed by atoms with Crippen LogP contribution in [0.3, 0.4) is 0 Å². The number of aromatic nitrogens is 4. The number of fused-ring (bicyclic) bond motifs is 3. The van der Waals surface area contributed by atoms with E-state index in [4.69, 9.17) is 10.5 Å². The molecule has 1 aromatic carbocycles. The molecule has 0 unspecified atom stereocenters. The summed E-state index contributed by atoms with van der Waals surface area (Å²) in [4.78, 5) is 13.3. The van der Waals surface area contributed by atoms with Crippen LogP contribution in [0.2, 0.25) is 0 Å². The predicted molar refractivity (Wildman–Crippen MR) is 111 cm³/mol. The minimum atomic E-state index is -0.924. The summed E-state index contributed by atoms with van der Waals surface area (Å²) in [6.07, 6.45) is 2.60. The molecule has 0 radical (unpaired) electrons. The number of benzene rings is 1. The second kappa shape index (κ2) is 8.12. The zero-order valence-corrected chi connectivity index (χ0v) is 16.1. The minimum Gasteiger partial charge on any atom is -0.394 e. The van der Waals surface area contributed by atoms with Crippen LogP contribution in [0.15, 0.2) is 42.7 Å². The standard InChI is InChI=1S/C21H23N5O3/c1-2-29-12-18-25-19-20(26(18)10-15(28)11-27)16-6-5-13(8-17(16)24-21(19)22)14-4-3-7-23-9-14/h3-9,15,27-28H,2,10-12H2,1H3,(H2,22,24)/t15-/m1/s1. The van der Waals surface area contributed by atoms with Crippen LogP contribution in [0.1, 0.15) is 12.7 Å². The molecule has 0 bridgehead atoms. The molecule has 150 valence electrons. The van der Waals surface area contributed by atoms with Gasteiger partial charge >= 0.3 is 0 Å². The van der Waals surface area contributed by atoms with E-state index in [1.165, 1.54) is 0 Å². The first kappa shape index (κ1) is 19.3. The summed E-state index contributed by atoms with van der Waals surface area (Å²) in [6.45, 7) is 2.54. The lowest BCUT2D eigenvalue weighted by Crippen LogP contribution is -2.21. The highest BCUT2D eigenvalue weighted by atomic mass is 16.5. The Morgan fingerprint density at radius 3 is 2.79 bits per heavy atom. The molecule has 29 heavy (non-hydrogen) atoms. The molecule has 0 aliphatic rings. The molecular weight excluding hydrogens is 370 g/mol. The first-order chi connectivity index (χ1) is 14.1. The molecule has 4 rings (SSSR count). The van der Waals surface area contributed by atoms with E-state index in [1.807, 2.05) is 41.8 Å². The number of nitrogens with two attached hydrogens (primary N) is 1. The number of ether oxygens (including phenoxy) is 1. The van der Waals surface area contributed by atoms with Crippen molar-refractivity contribution in [1.29, 1.82) is 0 Å². The Balaban J connectivity index is 1.94. The van der Waals surface area contributed by atoms with Gasteiger partial charge in [-0.15, -0.1) is 0 Å². The Hall–Kier alpha value is -3.07. The fraction of sp³-hybridized carbons (Fsp3) is 0.286. The van der Waals surface area contributed by atoms with Crippen molar-refractivity contribution >= 4 is 27.8 Å². The molecule has 3 heterocycles. The van der Waals surface area contributed by atoms with E-state index in [1.54, 1.807) is 12.4 Å². The summed E-state index contributed by atoms with van der Waals surface area (Å²) in [5, 5.41) is 20.3. The third-order valence-electron chi connectivity index (χ3n) is 4.82. The Morgan fingerprint density at radius 1 is 1.21 bits per heavy atom. The molecule has 0 fully saturated rings. The van der Waals surface area contributed by atoms with Crippen LogP contribution >= 0.6 is 0 Å². The Labute approximate surface area is 167 Å². The van der Waals surface area contributed by atoms with E-state index < -0.39 is 6.10 Å². The molecular formula is C21H23N5O3. The zero-order valence-electron chi connectivity index (χ0n) is 16.1. The van der Waals surface area contributed by atoms with Gasteiger partial charge in [0, 0.05) is 30.0 Å². The fourth-order valence-electron chi connectivity index (χ4n) is 3.44. The van der Waals surface area contributed by atoms with Crippen LogP contribution in [-0.4, -0.2) is 49.0 Å². The van der Waals surface area contributed by atoms with Gasteiger partial charge in [-0.2, -0.15) is 0 Å². The molecule has 0 spiro atoms. The van der Waals surface area contributed by atoms with Gasteiger partial charge in [0.15, 0.2) is 5.82 Å². The summed E-state index contributed by atoms with van der Waals surface area (Å²) in [7, 11) is 0. The summed E-state index contributed by atoms with van der Waals surface area (Å²) >= 11 is 0. The minimum absolute atomic E-state index is 0.179. The van der Waals surface area contributed by atoms with Gasteiger partial charge in [-0.05, 0) is 24.6 Å². The highest BCUT2D eigenvalue weighted by Crippen LogP contribution is 2.32. The highest BCUT2D eigenvalue weighted by Gasteiger charge is 2.19. The number of hydrogen-bond acceptors (Lipinski definition) is 7. The van der Waals surface area contributed by atoms with Gasteiger partial charge in [0.1, 0.15) is 17.9 Å². The number of nitrogens with zero attached hydrogens (tertiary/aromatic N) is 4. The normalized spacial score (nSPS) is 12.7. The second-order valence-electron chi connectivity index (χ2n) is 6.78. The van der Waals surface area contributed by atoms with Crippen molar-refractivity contribution in [3.8, 4) is 11.1 Å². The van der Waals surface area contributed by atoms with Crippen molar-refractivity contribution in [2.24, 2.45) is 0 Å². The molecule has 8 heteroatoms. The quantitative estimate of drug-likeness (QED) is 0.440. The number of rotatable bonds is 7. The fourth-order valence-corrected chi connectivity index (χ4v) is 3.44. The van der Waals surface area contributed by atoms with Crippen LogP contribution in [0, 0.1) is 0 Å². The number of nitrogen functional groups attached to an aromatic ring is 1. The van der Waals surface area contributed by atoms with Crippen molar-refractivity contribution in [3.63, 3.8) is 0 Å². The van der Waals surface area contributed by atoms with Crippen molar-refractivity contribution in [2.45, 2.75) is 26.2 Å². The predicted octanol–water partition coefficient (Wildman–Crippen LogP) is 2.12. The molecule has 0 amide bonds. The average Bonchev–Trinajstić information content (AvgIpc) is 3.11. The SMILES string of the molecule is CCOCc1nc2c(N)nc3cc(-c4cccnc4)ccc3c2n1C[C@@H](O)CO. The van der Waals surface area contributed by atoms with Crippen molar-refractivity contribution in [1.82, 2.24) is 19.5 Å². The van der Waals surface area contributed by atoms with Gasteiger partial charge in [0.05, 0.1) is 30.3 Å². The number of pyridine rings is 2. The molecule has 4 aromatic rings. The maximum Gasteiger partial charge on any atom is 0.152 e. The van der Waals surface area contributed by atoms with Crippen LogP contribution in [0.4, 0.5) is 5.82 Å². The van der Waals surface area contributed by atoms with Crippen LogP contribution in [0.5, 0.6) is 0 Å². The smallest absolute Gasteiger partial charge is 0.152 e. The van der Waals surface area contributed by atoms with E-state index >= 15 is 0 Å². The molecule has 0 saturated carbocycles. The van der Waals surface area contributed by atoms with Crippen molar-refractivity contribution in [3.05, 3.63) is 48.5 Å². The molecule has 1 atom stereocenters. The van der Waals surface area contributed by atoms with E-state index in [0.29, 0.717) is 23.8 Å². The Kier molecular flexibility index (Phi) is 5.39. The van der Waals surface area contributed by atoms with E-state index in [2.05, 4.69) is 15.0 Å². The Bertz CT molecular complexity index is 1140. The number of hydrogen-bond donors (Lipinski definition) is 3. The monoisotopic (exact) mass is 393 g/mol. The molecule has 8 nitrogen and oxygen atoms in total. The summed E-state index contributed by atoms with van der Waals surface area (Å²) in [5.41, 5.74) is 10.2. The van der Waals surface area contributed by atoms with Crippen LogP contribution in [0.25, 0.3) is 33.1 Å². The van der Waals surface area contributed by atoms with Gasteiger partial charge in [0.25, 0.3) is 0 Å². The lowest BCUT2D eigenvalue weighted by molar-refractivity contribution is 0.0774. The van der Waals surface area contributed by atoms with Gasteiger partial charge in [0.2, 0.25) is 0 Å². The number of anilines is 1. The van der Waals surface area contributed by atoms with Gasteiger partial charge in [-0.1, -0.05) is 18.2 Å². The number of imidazole rings is 1. The zero-order chi connectivity index (χ0) is 20.4. The first-order valence-corrected chi connectivity index (χ1v) is 9.47. The van der Waals surface area contributed by atoms with E-state index in [0.717, 1.165) is 27.5 Å². The van der Waals surface area contributed by atoms with Crippen molar-refractivity contribution in [2.75, 3.05) is 18.9 Å². The summed E-state index contributed by atoms with van der Waals surface area (Å²) in [5.74, 6) is 0.942. The topological polar surface area (TPSA) is 119 Å². The highest BCUT2D eigenvalue weighted by molar-refractivity contribution is 6.07. The van der Waals surface area contributed by atoms with Crippen LogP contribution < -0.4 is 5.73 Å². The summed E-state index contributed by atoms with van der Waals surface area (Å²) < 4.78 is 7.40. The second-order valence-corrected chi connectivity index (χ2v) is 6.78. The number of aliphatic hydroxyl groups excluding tert-OH is 2. The van der Waals surface area contributed by atoms with Gasteiger partial charge < -0.3 is 25.3 Å². The average molecular weight is 393 g/mol. The molecule has 3 aromatic heterocycles. The molecule has 0 saturated heterocycles. The lowest BCUT2D eigenvalue weighted by atomic mass is 10.0. The summed E-state index contributed by atoms with van der Waals surface area (Å²) in [6, 6.07) is 9.80. The third-order valence-corrected chi connectivity index (χ3v) is 4.82. The largest absolute Gasteiger partial charge is 0.394 e. The maximum atomic E-state index is 10.1.